The van der Waals surface area contributed by atoms with E-state index in [1.54, 1.807) is 43.5 Å². The number of methoxy groups -OCH3 is 1. The Kier molecular flexibility index (Phi) is 6.25. The molecule has 1 amide bonds. The Morgan fingerprint density at radius 1 is 1.21 bits per heavy atom. The molecule has 0 fully saturated rings. The lowest BCUT2D eigenvalue weighted by molar-refractivity contribution is 0.0950. The number of rotatable bonds is 8. The van der Waals surface area contributed by atoms with Gasteiger partial charge in [0.1, 0.15) is 17.2 Å². The first kappa shape index (κ1) is 21.5. The Labute approximate surface area is 188 Å². The minimum absolute atomic E-state index is 0.00570. The van der Waals surface area contributed by atoms with Gasteiger partial charge in [-0.2, -0.15) is 9.78 Å². The smallest absolute Gasteiger partial charge is 0.294 e. The molecule has 0 saturated carbocycles. The van der Waals surface area contributed by atoms with Crippen molar-refractivity contribution in [3.63, 3.8) is 0 Å². The number of carbonyl (C=O) groups excluding carboxylic acids is 1. The highest BCUT2D eigenvalue weighted by Gasteiger charge is 2.25. The fourth-order valence-corrected chi connectivity index (χ4v) is 3.02. The summed E-state index contributed by atoms with van der Waals surface area (Å²) in [5.74, 6) is 0.774. The first-order valence-electron chi connectivity index (χ1n) is 9.85. The minimum atomic E-state index is -0.591. The average Bonchev–Trinajstić information content (AvgIpc) is 3.45. The number of ether oxygens (including phenoxy) is 2. The van der Waals surface area contributed by atoms with Gasteiger partial charge in [0.05, 0.1) is 19.9 Å². The molecular formula is C21H20N8O4. The van der Waals surface area contributed by atoms with E-state index in [-0.39, 0.29) is 17.3 Å². The molecule has 4 rings (SSSR count). The lowest BCUT2D eigenvalue weighted by Crippen LogP contribution is -2.19. The van der Waals surface area contributed by atoms with Crippen LogP contribution >= 0.6 is 0 Å². The predicted molar refractivity (Wildman–Crippen MR) is 118 cm³/mol. The third kappa shape index (κ3) is 4.63. The van der Waals surface area contributed by atoms with Gasteiger partial charge in [-0.1, -0.05) is 29.5 Å². The molecule has 0 atom stereocenters. The van der Waals surface area contributed by atoms with Crippen molar-refractivity contribution in [2.45, 2.75) is 6.92 Å². The van der Waals surface area contributed by atoms with Crippen molar-refractivity contribution in [1.82, 2.24) is 30.7 Å². The van der Waals surface area contributed by atoms with E-state index < -0.39 is 5.91 Å². The molecule has 0 aliphatic carbocycles. The molecule has 12 nitrogen and oxygen atoms in total. The maximum Gasteiger partial charge on any atom is 0.294 e. The molecule has 4 aromatic rings. The molecule has 3 N–H and O–H groups in total. The molecule has 0 saturated heterocycles. The van der Waals surface area contributed by atoms with E-state index in [1.165, 1.54) is 10.9 Å². The molecular weight excluding hydrogens is 428 g/mol. The van der Waals surface area contributed by atoms with Crippen molar-refractivity contribution in [1.29, 1.82) is 0 Å². The van der Waals surface area contributed by atoms with Crippen molar-refractivity contribution in [3.8, 4) is 28.6 Å². The van der Waals surface area contributed by atoms with E-state index in [4.69, 9.17) is 15.2 Å². The SMILES string of the molecule is CCOc1cccc(-c2c(C(=O)N/N=C\c3cccc(OC)c3)nnn2-c2nonc2N)c1. The number of nitrogens with one attached hydrogen (secondary N) is 1. The number of hydrogen-bond acceptors (Lipinski definition) is 10. The molecule has 0 unspecified atom stereocenters. The van der Waals surface area contributed by atoms with E-state index in [0.717, 1.165) is 5.56 Å². The third-order valence-corrected chi connectivity index (χ3v) is 4.47. The lowest BCUT2D eigenvalue weighted by Gasteiger charge is -2.08. The minimum Gasteiger partial charge on any atom is -0.497 e. The summed E-state index contributed by atoms with van der Waals surface area (Å²) in [5, 5.41) is 19.4. The molecule has 2 heterocycles. The Morgan fingerprint density at radius 2 is 2.03 bits per heavy atom. The van der Waals surface area contributed by atoms with Gasteiger partial charge in [-0.25, -0.2) is 10.1 Å². The quantitative estimate of drug-likeness (QED) is 0.304. The van der Waals surface area contributed by atoms with Gasteiger partial charge in [0.2, 0.25) is 11.6 Å². The largest absolute Gasteiger partial charge is 0.497 e. The number of nitrogen functional groups attached to an aromatic ring is 1. The standard InChI is InChI=1S/C21H20N8O4/c1-3-32-16-9-5-7-14(11-16)18-17(24-28-29(18)20-19(22)26-33-27-20)21(30)25-23-12-13-6-4-8-15(10-13)31-2/h4-12H,3H2,1-2H3,(H2,22,26)(H,25,30)/b23-12-. The summed E-state index contributed by atoms with van der Waals surface area (Å²) in [4.78, 5) is 12.9. The molecule has 168 valence electrons. The third-order valence-electron chi connectivity index (χ3n) is 4.47. The van der Waals surface area contributed by atoms with Crippen LogP contribution in [-0.4, -0.2) is 51.1 Å². The maximum absolute atomic E-state index is 12.9. The van der Waals surface area contributed by atoms with Gasteiger partial charge in [-0.05, 0) is 47.1 Å². The van der Waals surface area contributed by atoms with Crippen molar-refractivity contribution in [2.75, 3.05) is 19.5 Å². The second-order valence-corrected chi connectivity index (χ2v) is 6.61. The lowest BCUT2D eigenvalue weighted by atomic mass is 10.1. The van der Waals surface area contributed by atoms with Gasteiger partial charge < -0.3 is 15.2 Å². The molecule has 0 aliphatic rings. The van der Waals surface area contributed by atoms with Crippen LogP contribution in [0.1, 0.15) is 23.0 Å². The fraction of sp³-hybridized carbons (Fsp3) is 0.143. The average molecular weight is 448 g/mol. The number of hydrogen-bond donors (Lipinski definition) is 2. The van der Waals surface area contributed by atoms with Crippen LogP contribution in [-0.2, 0) is 0 Å². The van der Waals surface area contributed by atoms with Crippen LogP contribution in [0.25, 0.3) is 17.1 Å². The Bertz CT molecular complexity index is 1300. The molecule has 0 bridgehead atoms. The van der Waals surface area contributed by atoms with Gasteiger partial charge in [0.25, 0.3) is 5.91 Å². The molecule has 2 aromatic heterocycles. The number of amides is 1. The van der Waals surface area contributed by atoms with Crippen LogP contribution in [0, 0.1) is 0 Å². The van der Waals surface area contributed by atoms with Crippen LogP contribution in [0.15, 0.2) is 58.3 Å². The number of aromatic nitrogens is 5. The molecule has 0 spiro atoms. The zero-order chi connectivity index (χ0) is 23.2. The van der Waals surface area contributed by atoms with Crippen LogP contribution in [0.4, 0.5) is 5.82 Å². The summed E-state index contributed by atoms with van der Waals surface area (Å²) < 4.78 is 16.7. The van der Waals surface area contributed by atoms with Crippen LogP contribution in [0.3, 0.4) is 0 Å². The summed E-state index contributed by atoms with van der Waals surface area (Å²) >= 11 is 0. The van der Waals surface area contributed by atoms with Crippen LogP contribution < -0.4 is 20.6 Å². The second-order valence-electron chi connectivity index (χ2n) is 6.61. The zero-order valence-corrected chi connectivity index (χ0v) is 17.8. The van der Waals surface area contributed by atoms with E-state index in [1.807, 2.05) is 19.1 Å². The van der Waals surface area contributed by atoms with Gasteiger partial charge in [-0.15, -0.1) is 5.10 Å². The molecule has 33 heavy (non-hydrogen) atoms. The number of hydrazone groups is 1. The predicted octanol–water partition coefficient (Wildman–Crippen LogP) is 2.07. The summed E-state index contributed by atoms with van der Waals surface area (Å²) in [5.41, 5.74) is 9.94. The second kappa shape index (κ2) is 9.60. The van der Waals surface area contributed by atoms with E-state index in [9.17, 15) is 4.79 Å². The number of anilines is 1. The molecule has 2 aromatic carbocycles. The zero-order valence-electron chi connectivity index (χ0n) is 17.8. The van der Waals surface area contributed by atoms with Crippen LogP contribution in [0.2, 0.25) is 0 Å². The van der Waals surface area contributed by atoms with E-state index in [0.29, 0.717) is 29.4 Å². The van der Waals surface area contributed by atoms with Gasteiger partial charge >= 0.3 is 0 Å². The summed E-state index contributed by atoms with van der Waals surface area (Å²) in [7, 11) is 1.57. The van der Waals surface area contributed by atoms with Crippen molar-refractivity contribution in [3.05, 3.63) is 59.8 Å². The highest BCUT2D eigenvalue weighted by atomic mass is 16.6. The van der Waals surface area contributed by atoms with E-state index >= 15 is 0 Å². The van der Waals surface area contributed by atoms with Crippen molar-refractivity contribution in [2.24, 2.45) is 5.10 Å². The molecule has 12 heteroatoms. The van der Waals surface area contributed by atoms with Gasteiger partial charge in [0, 0.05) is 5.56 Å². The summed E-state index contributed by atoms with van der Waals surface area (Å²) in [6.45, 7) is 2.35. The molecule has 0 aliphatic heterocycles. The summed E-state index contributed by atoms with van der Waals surface area (Å²) in [6.07, 6.45) is 1.49. The van der Waals surface area contributed by atoms with Crippen molar-refractivity contribution < 1.29 is 18.9 Å². The number of nitrogens with two attached hydrogens (primary N) is 1. The maximum atomic E-state index is 12.9. The topological polar surface area (TPSA) is 156 Å². The summed E-state index contributed by atoms with van der Waals surface area (Å²) in [6, 6.07) is 14.3. The number of carbonyl (C=O) groups is 1. The number of nitrogens with zero attached hydrogens (tertiary/aromatic N) is 6. The highest BCUT2D eigenvalue weighted by Crippen LogP contribution is 2.29. The molecule has 0 radical (unpaired) electrons. The number of benzene rings is 2. The fourth-order valence-electron chi connectivity index (χ4n) is 3.02. The van der Waals surface area contributed by atoms with E-state index in [2.05, 4.69) is 35.8 Å². The first-order chi connectivity index (χ1) is 16.1. The van der Waals surface area contributed by atoms with Gasteiger partial charge in [-0.3, -0.25) is 4.79 Å². The highest BCUT2D eigenvalue weighted by molar-refractivity contribution is 5.99. The van der Waals surface area contributed by atoms with Crippen LogP contribution in [0.5, 0.6) is 11.5 Å². The normalized spacial score (nSPS) is 11.0. The Hall–Kier alpha value is -4.74. The first-order valence-corrected chi connectivity index (χ1v) is 9.85. The van der Waals surface area contributed by atoms with Crippen molar-refractivity contribution >= 4 is 17.9 Å². The Morgan fingerprint density at radius 3 is 2.79 bits per heavy atom. The Balaban J connectivity index is 1.68. The van der Waals surface area contributed by atoms with Gasteiger partial charge in [0.15, 0.2) is 5.69 Å². The monoisotopic (exact) mass is 448 g/mol.